The van der Waals surface area contributed by atoms with Gasteiger partial charge in [0.15, 0.2) is 0 Å². The van der Waals surface area contributed by atoms with Gasteiger partial charge >= 0.3 is 12.7 Å². The van der Waals surface area contributed by atoms with Gasteiger partial charge in [-0.1, -0.05) is 72.8 Å². The highest BCUT2D eigenvalue weighted by Crippen LogP contribution is 2.40. The van der Waals surface area contributed by atoms with Gasteiger partial charge in [0.25, 0.3) is 0 Å². The molecule has 0 spiro atoms. The van der Waals surface area contributed by atoms with E-state index in [4.69, 9.17) is 0 Å². The molecule has 0 fully saturated rings. The molecule has 4 rings (SSSR count). The van der Waals surface area contributed by atoms with Crippen LogP contribution in [0.25, 0.3) is 0 Å². The summed E-state index contributed by atoms with van der Waals surface area (Å²) in [6, 6.07) is 29.3. The van der Waals surface area contributed by atoms with E-state index in [0.29, 0.717) is 11.1 Å². The Hall–Kier alpha value is -4.14. The number of hydrogen-bond donors (Lipinski definition) is 1. The van der Waals surface area contributed by atoms with E-state index in [1.54, 1.807) is 12.1 Å². The first-order chi connectivity index (χ1) is 18.0. The molecular weight excluding hydrogens is 508 g/mol. The van der Waals surface area contributed by atoms with E-state index < -0.39 is 29.6 Å². The van der Waals surface area contributed by atoms with Crippen molar-refractivity contribution < 1.29 is 35.8 Å². The van der Waals surface area contributed by atoms with E-state index >= 15 is 0 Å². The lowest BCUT2D eigenvalue weighted by molar-refractivity contribution is -0.275. The largest absolute Gasteiger partial charge is 0.573 e. The minimum atomic E-state index is -4.91. The summed E-state index contributed by atoms with van der Waals surface area (Å²) in [5, 5.41) is 3.31. The van der Waals surface area contributed by atoms with Gasteiger partial charge in [0.2, 0.25) is 0 Å². The van der Waals surface area contributed by atoms with Gasteiger partial charge in [-0.15, -0.1) is 26.3 Å². The summed E-state index contributed by atoms with van der Waals surface area (Å²) in [5.41, 5.74) is 1.25. The fourth-order valence-electron chi connectivity index (χ4n) is 4.37. The van der Waals surface area contributed by atoms with Gasteiger partial charge in [-0.25, -0.2) is 0 Å². The molecule has 0 saturated heterocycles. The number of para-hydroxylation sites is 1. The highest BCUT2D eigenvalue weighted by molar-refractivity contribution is 5.51. The number of rotatable bonds is 9. The van der Waals surface area contributed by atoms with Crippen molar-refractivity contribution in [1.82, 2.24) is 0 Å². The minimum absolute atomic E-state index is 0.136. The summed E-state index contributed by atoms with van der Waals surface area (Å²) < 4.78 is 86.7. The van der Waals surface area contributed by atoms with Crippen LogP contribution in [0.15, 0.2) is 109 Å². The van der Waals surface area contributed by atoms with Crippen LogP contribution in [0.3, 0.4) is 0 Å². The van der Waals surface area contributed by atoms with Gasteiger partial charge in [-0.3, -0.25) is 0 Å². The van der Waals surface area contributed by atoms with E-state index in [1.165, 1.54) is 36.4 Å². The number of anilines is 1. The second kappa shape index (κ2) is 11.1. The molecule has 0 aliphatic heterocycles. The zero-order valence-corrected chi connectivity index (χ0v) is 19.9. The maximum absolute atomic E-state index is 13.1. The molecule has 0 aliphatic carbocycles. The molecule has 0 unspecified atom stereocenters. The van der Waals surface area contributed by atoms with Gasteiger partial charge in [-0.05, 0) is 59.5 Å². The summed E-state index contributed by atoms with van der Waals surface area (Å²) in [6.45, 7) is 0.136. The lowest BCUT2D eigenvalue weighted by atomic mass is 9.70. The van der Waals surface area contributed by atoms with Gasteiger partial charge in [0, 0.05) is 17.6 Å². The second-order valence-corrected chi connectivity index (χ2v) is 8.62. The first-order valence-electron chi connectivity index (χ1n) is 11.6. The Kier molecular flexibility index (Phi) is 7.85. The number of hydrogen-bond acceptors (Lipinski definition) is 3. The third kappa shape index (κ3) is 7.21. The Bertz CT molecular complexity index is 1260. The van der Waals surface area contributed by atoms with Crippen LogP contribution < -0.4 is 14.8 Å². The summed E-state index contributed by atoms with van der Waals surface area (Å²) in [4.78, 5) is 0. The molecule has 198 valence electrons. The number of benzene rings is 4. The second-order valence-electron chi connectivity index (χ2n) is 8.62. The molecule has 1 N–H and O–H groups in total. The average molecular weight is 531 g/mol. The molecule has 3 nitrogen and oxygen atoms in total. The van der Waals surface area contributed by atoms with Crippen molar-refractivity contribution >= 4 is 5.69 Å². The Morgan fingerprint density at radius 1 is 0.553 bits per heavy atom. The van der Waals surface area contributed by atoms with Crippen molar-refractivity contribution in [3.8, 4) is 11.5 Å². The number of nitrogens with one attached hydrogen (secondary N) is 1. The van der Waals surface area contributed by atoms with E-state index in [-0.39, 0.29) is 13.0 Å². The molecule has 0 amide bonds. The molecule has 0 aliphatic rings. The summed E-state index contributed by atoms with van der Waals surface area (Å²) in [7, 11) is 0. The van der Waals surface area contributed by atoms with Crippen LogP contribution in [0, 0.1) is 0 Å². The standard InChI is InChI=1S/C29H23F6NO2/c30-28(31,32)37-25-15-7-11-22(17-25)27(19-21-9-3-1-4-10-21,20-36-24-13-5-2-6-14-24)23-12-8-16-26(18-23)38-29(33,34)35/h1-18,36H,19-20H2. The Labute approximate surface area is 215 Å². The van der Waals surface area contributed by atoms with Gasteiger partial charge in [0.1, 0.15) is 11.5 Å². The molecule has 0 bridgehead atoms. The zero-order chi connectivity index (χ0) is 27.2. The fraction of sp³-hybridized carbons (Fsp3) is 0.172. The highest BCUT2D eigenvalue weighted by atomic mass is 19.4. The van der Waals surface area contributed by atoms with Crippen LogP contribution in [-0.4, -0.2) is 19.3 Å². The molecule has 0 saturated carbocycles. The summed E-state index contributed by atoms with van der Waals surface area (Å²) in [6.07, 6.45) is -9.58. The normalized spacial score (nSPS) is 12.2. The van der Waals surface area contributed by atoms with Crippen LogP contribution in [0.5, 0.6) is 11.5 Å². The van der Waals surface area contributed by atoms with Crippen LogP contribution in [0.2, 0.25) is 0 Å². The number of alkyl halides is 6. The number of halogens is 6. The van der Waals surface area contributed by atoms with E-state index in [9.17, 15) is 26.3 Å². The predicted octanol–water partition coefficient (Wildman–Crippen LogP) is 8.12. The number of ether oxygens (including phenoxy) is 2. The maximum Gasteiger partial charge on any atom is 0.573 e. The van der Waals surface area contributed by atoms with Crippen molar-refractivity contribution in [3.05, 3.63) is 126 Å². The quantitative estimate of drug-likeness (QED) is 0.221. The first kappa shape index (κ1) is 26.9. The molecule has 0 heterocycles. The highest BCUT2D eigenvalue weighted by Gasteiger charge is 2.38. The molecule has 9 heteroatoms. The monoisotopic (exact) mass is 531 g/mol. The zero-order valence-electron chi connectivity index (χ0n) is 19.9. The van der Waals surface area contributed by atoms with Crippen LogP contribution in [0.4, 0.5) is 32.0 Å². The molecule has 4 aromatic carbocycles. The fourth-order valence-corrected chi connectivity index (χ4v) is 4.37. The summed E-state index contributed by atoms with van der Waals surface area (Å²) >= 11 is 0. The topological polar surface area (TPSA) is 30.5 Å². The molecule has 38 heavy (non-hydrogen) atoms. The smallest absolute Gasteiger partial charge is 0.406 e. The van der Waals surface area contributed by atoms with Crippen molar-refractivity contribution in [2.24, 2.45) is 0 Å². The maximum atomic E-state index is 13.1. The SMILES string of the molecule is FC(F)(F)Oc1cccc(C(CNc2ccccc2)(Cc2ccccc2)c2cccc(OC(F)(F)F)c2)c1. The van der Waals surface area contributed by atoms with Crippen molar-refractivity contribution in [3.63, 3.8) is 0 Å². The molecule has 0 aromatic heterocycles. The van der Waals surface area contributed by atoms with Crippen molar-refractivity contribution in [1.29, 1.82) is 0 Å². The Morgan fingerprint density at radius 3 is 1.50 bits per heavy atom. The lowest BCUT2D eigenvalue weighted by Gasteiger charge is -2.36. The van der Waals surface area contributed by atoms with E-state index in [0.717, 1.165) is 11.3 Å². The Morgan fingerprint density at radius 2 is 1.03 bits per heavy atom. The Balaban J connectivity index is 1.89. The first-order valence-corrected chi connectivity index (χ1v) is 11.6. The average Bonchev–Trinajstić information content (AvgIpc) is 2.86. The van der Waals surface area contributed by atoms with Crippen LogP contribution >= 0.6 is 0 Å². The van der Waals surface area contributed by atoms with Crippen molar-refractivity contribution in [2.45, 2.75) is 24.6 Å². The van der Waals surface area contributed by atoms with Gasteiger partial charge < -0.3 is 14.8 Å². The predicted molar refractivity (Wildman–Crippen MR) is 132 cm³/mol. The van der Waals surface area contributed by atoms with Gasteiger partial charge in [-0.2, -0.15) is 0 Å². The lowest BCUT2D eigenvalue weighted by Crippen LogP contribution is -2.38. The molecule has 0 atom stereocenters. The third-order valence-electron chi connectivity index (χ3n) is 5.96. The van der Waals surface area contributed by atoms with E-state index in [1.807, 2.05) is 60.7 Å². The molecular formula is C29H23F6NO2. The van der Waals surface area contributed by atoms with Gasteiger partial charge in [0.05, 0.1) is 0 Å². The third-order valence-corrected chi connectivity index (χ3v) is 5.96. The van der Waals surface area contributed by atoms with Crippen LogP contribution in [-0.2, 0) is 11.8 Å². The van der Waals surface area contributed by atoms with E-state index in [2.05, 4.69) is 14.8 Å². The minimum Gasteiger partial charge on any atom is -0.406 e. The molecule has 0 radical (unpaired) electrons. The molecule has 4 aromatic rings. The summed E-state index contributed by atoms with van der Waals surface area (Å²) in [5.74, 6) is -0.871. The van der Waals surface area contributed by atoms with Crippen LogP contribution in [0.1, 0.15) is 16.7 Å². The van der Waals surface area contributed by atoms with Crippen molar-refractivity contribution in [2.75, 3.05) is 11.9 Å².